The van der Waals surface area contributed by atoms with E-state index in [4.69, 9.17) is 4.84 Å². The van der Waals surface area contributed by atoms with Crippen molar-refractivity contribution in [2.45, 2.75) is 46.5 Å². The highest BCUT2D eigenvalue weighted by atomic mass is 16.7. The summed E-state index contributed by atoms with van der Waals surface area (Å²) in [5, 5.41) is 0. The van der Waals surface area contributed by atoms with Gasteiger partial charge in [0.2, 0.25) is 12.4 Å². The maximum absolute atomic E-state index is 5.73. The van der Waals surface area contributed by atoms with Gasteiger partial charge in [-0.1, -0.05) is 26.7 Å². The van der Waals surface area contributed by atoms with E-state index in [-0.39, 0.29) is 0 Å². The Morgan fingerprint density at radius 3 is 2.50 bits per heavy atom. The number of aryl methyl sites for hydroxylation is 1. The number of nitrogens with zero attached hydrogens (tertiary/aromatic N) is 1. The molecule has 1 aromatic heterocycles. The molecule has 1 rings (SSSR count). The van der Waals surface area contributed by atoms with Gasteiger partial charge in [0.25, 0.3) is 0 Å². The Labute approximate surface area is 99.2 Å². The van der Waals surface area contributed by atoms with Gasteiger partial charge in [-0.15, -0.1) is 0 Å². The van der Waals surface area contributed by atoms with E-state index in [1.807, 2.05) is 17.1 Å². The summed E-state index contributed by atoms with van der Waals surface area (Å²) in [5.74, 6) is 0.689. The average molecular weight is 222 g/mol. The predicted octanol–water partition coefficient (Wildman–Crippen LogP) is 2.93. The molecule has 0 fully saturated rings. The lowest BCUT2D eigenvalue weighted by Gasteiger charge is -2.11. The molecule has 1 atom stereocenters. The van der Waals surface area contributed by atoms with Crippen LogP contribution in [0.5, 0.6) is 0 Å². The van der Waals surface area contributed by atoms with Crippen molar-refractivity contribution >= 4 is 0 Å². The molecular weight excluding hydrogens is 198 g/mol. The molecule has 0 N–H and O–H groups in total. The molecule has 0 aliphatic rings. The van der Waals surface area contributed by atoms with Crippen LogP contribution in [0.3, 0.4) is 0 Å². The highest BCUT2D eigenvalue weighted by molar-refractivity contribution is 5.02. The third-order valence-electron chi connectivity index (χ3n) is 2.97. The number of hydrogen-bond donors (Lipinski definition) is 0. The van der Waals surface area contributed by atoms with Gasteiger partial charge in [-0.25, -0.2) is 0 Å². The fourth-order valence-electron chi connectivity index (χ4n) is 1.66. The van der Waals surface area contributed by atoms with E-state index in [0.29, 0.717) is 5.92 Å². The largest absolute Gasteiger partial charge is 0.271 e. The summed E-state index contributed by atoms with van der Waals surface area (Å²) in [6, 6.07) is 4.12. The van der Waals surface area contributed by atoms with Gasteiger partial charge in [0.05, 0.1) is 0 Å². The van der Waals surface area contributed by atoms with Crippen molar-refractivity contribution in [1.29, 1.82) is 0 Å². The lowest BCUT2D eigenvalue weighted by atomic mass is 10.0. The van der Waals surface area contributed by atoms with Crippen LogP contribution >= 0.6 is 0 Å². The molecule has 1 aromatic rings. The third-order valence-corrected chi connectivity index (χ3v) is 2.97. The first kappa shape index (κ1) is 13.0. The summed E-state index contributed by atoms with van der Waals surface area (Å²) in [6.07, 6.45) is 9.00. The molecule has 0 amide bonds. The van der Waals surface area contributed by atoms with Gasteiger partial charge in [0.15, 0.2) is 6.61 Å². The van der Waals surface area contributed by atoms with Gasteiger partial charge in [-0.2, -0.15) is 0 Å². The molecule has 2 nitrogen and oxygen atoms in total. The first-order chi connectivity index (χ1) is 7.76. The van der Waals surface area contributed by atoms with Crippen LogP contribution in [0.4, 0.5) is 0 Å². The molecule has 2 heteroatoms. The van der Waals surface area contributed by atoms with Crippen LogP contribution < -0.4 is 9.57 Å². The fourth-order valence-corrected chi connectivity index (χ4v) is 1.66. The number of rotatable bonds is 7. The molecule has 0 spiro atoms. The number of hydrogen-bond acceptors (Lipinski definition) is 1. The number of unbranched alkanes of at least 4 members (excludes halogenated alkanes) is 1. The van der Waals surface area contributed by atoms with Crippen molar-refractivity contribution < 1.29 is 9.57 Å². The Kier molecular flexibility index (Phi) is 5.91. The molecule has 0 aromatic carbocycles. The number of pyridine rings is 1. The molecule has 0 radical (unpaired) electrons. The van der Waals surface area contributed by atoms with Crippen LogP contribution in [0.1, 0.15) is 45.1 Å². The Balaban J connectivity index is 2.34. The average Bonchev–Trinajstić information content (AvgIpc) is 2.32. The summed E-state index contributed by atoms with van der Waals surface area (Å²) in [6.45, 7) is 7.39. The Bertz CT molecular complexity index is 281. The minimum Gasteiger partial charge on any atom is -0.271 e. The van der Waals surface area contributed by atoms with E-state index in [2.05, 4.69) is 32.9 Å². The minimum absolute atomic E-state index is 0.689. The standard InChI is InChI=1S/C14H24NO/c1-4-6-7-14(5-2)12-16-15-10-8-13(3)9-11-15/h8-11,14H,4-7,12H2,1-3H3/q+1. The van der Waals surface area contributed by atoms with Gasteiger partial charge in [0.1, 0.15) is 0 Å². The van der Waals surface area contributed by atoms with Crippen molar-refractivity contribution in [2.75, 3.05) is 6.61 Å². The second kappa shape index (κ2) is 7.26. The summed E-state index contributed by atoms with van der Waals surface area (Å²) < 4.78 is 1.81. The van der Waals surface area contributed by atoms with Crippen LogP contribution in [-0.2, 0) is 0 Å². The van der Waals surface area contributed by atoms with Crippen molar-refractivity contribution in [3.05, 3.63) is 30.1 Å². The lowest BCUT2D eigenvalue weighted by Crippen LogP contribution is -2.43. The van der Waals surface area contributed by atoms with Crippen molar-refractivity contribution in [2.24, 2.45) is 5.92 Å². The van der Waals surface area contributed by atoms with Gasteiger partial charge < -0.3 is 0 Å². The van der Waals surface area contributed by atoms with Gasteiger partial charge in [-0.05, 0) is 31.2 Å². The zero-order chi connectivity index (χ0) is 11.8. The molecular formula is C14H24NO+. The van der Waals surface area contributed by atoms with E-state index in [0.717, 1.165) is 6.61 Å². The van der Waals surface area contributed by atoms with Gasteiger partial charge in [0, 0.05) is 16.9 Å². The molecule has 90 valence electrons. The molecule has 0 saturated carbocycles. The number of aromatic nitrogens is 1. The van der Waals surface area contributed by atoms with E-state index < -0.39 is 0 Å². The van der Waals surface area contributed by atoms with Crippen molar-refractivity contribution in [3.63, 3.8) is 0 Å². The lowest BCUT2D eigenvalue weighted by molar-refractivity contribution is -0.892. The summed E-state index contributed by atoms with van der Waals surface area (Å²) in [4.78, 5) is 5.73. The first-order valence-electron chi connectivity index (χ1n) is 6.37. The van der Waals surface area contributed by atoms with Crippen LogP contribution in [-0.4, -0.2) is 6.61 Å². The maximum atomic E-state index is 5.73. The molecule has 1 unspecified atom stereocenters. The van der Waals surface area contributed by atoms with Crippen LogP contribution in [0.25, 0.3) is 0 Å². The highest BCUT2D eigenvalue weighted by Gasteiger charge is 2.09. The zero-order valence-electron chi connectivity index (χ0n) is 10.8. The molecule has 0 saturated heterocycles. The molecule has 0 aliphatic carbocycles. The van der Waals surface area contributed by atoms with Crippen LogP contribution in [0, 0.1) is 12.8 Å². The maximum Gasteiger partial charge on any atom is 0.222 e. The van der Waals surface area contributed by atoms with Crippen molar-refractivity contribution in [3.8, 4) is 0 Å². The first-order valence-corrected chi connectivity index (χ1v) is 6.37. The van der Waals surface area contributed by atoms with E-state index in [1.54, 1.807) is 0 Å². The molecule has 1 heterocycles. The smallest absolute Gasteiger partial charge is 0.222 e. The Morgan fingerprint density at radius 1 is 1.25 bits per heavy atom. The zero-order valence-corrected chi connectivity index (χ0v) is 10.8. The Morgan fingerprint density at radius 2 is 1.94 bits per heavy atom. The molecule has 0 bridgehead atoms. The topological polar surface area (TPSA) is 13.1 Å². The normalized spacial score (nSPS) is 12.4. The van der Waals surface area contributed by atoms with Crippen LogP contribution in [0.2, 0.25) is 0 Å². The van der Waals surface area contributed by atoms with E-state index in [1.165, 1.54) is 31.2 Å². The monoisotopic (exact) mass is 222 g/mol. The molecule has 0 aliphatic heterocycles. The minimum atomic E-state index is 0.689. The Hall–Kier alpha value is -1.05. The second-order valence-electron chi connectivity index (χ2n) is 4.45. The fraction of sp³-hybridized carbons (Fsp3) is 0.643. The highest BCUT2D eigenvalue weighted by Crippen LogP contribution is 2.11. The summed E-state index contributed by atoms with van der Waals surface area (Å²) >= 11 is 0. The van der Waals surface area contributed by atoms with E-state index >= 15 is 0 Å². The molecule has 16 heavy (non-hydrogen) atoms. The summed E-state index contributed by atoms with van der Waals surface area (Å²) in [7, 11) is 0. The predicted molar refractivity (Wildman–Crippen MR) is 66.1 cm³/mol. The SMILES string of the molecule is CCCCC(CC)CO[n+]1ccc(C)cc1. The third kappa shape index (κ3) is 4.65. The quantitative estimate of drug-likeness (QED) is 0.647. The van der Waals surface area contributed by atoms with Gasteiger partial charge >= 0.3 is 0 Å². The second-order valence-corrected chi connectivity index (χ2v) is 4.45. The summed E-state index contributed by atoms with van der Waals surface area (Å²) in [5.41, 5.74) is 1.26. The van der Waals surface area contributed by atoms with Gasteiger partial charge in [-0.3, -0.25) is 4.84 Å². The van der Waals surface area contributed by atoms with E-state index in [9.17, 15) is 0 Å². The van der Waals surface area contributed by atoms with Crippen molar-refractivity contribution in [1.82, 2.24) is 0 Å². The van der Waals surface area contributed by atoms with Crippen LogP contribution in [0.15, 0.2) is 24.5 Å².